The van der Waals surface area contributed by atoms with E-state index in [2.05, 4.69) is 61.7 Å². The minimum Gasteiger partial charge on any atom is -0.356 e. The van der Waals surface area contributed by atoms with E-state index in [4.69, 9.17) is 11.6 Å². The molecule has 0 unspecified atom stereocenters. The standard InChI is InChI=1S/C22H31ClN6.HI/c1-24-22(25-10-9-19-7-8-21(23)26-15-19)27-16-18-3-5-20(6-4-18)17-29-13-11-28(2)12-14-29;/h3-8,15H,9-14,16-17H2,1-2H3,(H2,24,25,27);1H. The minimum absolute atomic E-state index is 0. The molecule has 1 aromatic carbocycles. The molecule has 1 aliphatic heterocycles. The predicted octanol–water partition coefficient (Wildman–Crippen LogP) is 3.01. The van der Waals surface area contributed by atoms with Crippen LogP contribution in [0.2, 0.25) is 5.15 Å². The highest BCUT2D eigenvalue weighted by atomic mass is 127. The van der Waals surface area contributed by atoms with Crippen molar-refractivity contribution in [1.29, 1.82) is 0 Å². The third-order valence-corrected chi connectivity index (χ3v) is 5.43. The van der Waals surface area contributed by atoms with Crippen molar-refractivity contribution in [2.45, 2.75) is 19.5 Å². The van der Waals surface area contributed by atoms with Gasteiger partial charge in [-0.2, -0.15) is 0 Å². The molecule has 1 aromatic heterocycles. The fraction of sp³-hybridized carbons (Fsp3) is 0.455. The van der Waals surface area contributed by atoms with Gasteiger partial charge in [0.2, 0.25) is 0 Å². The number of piperazine rings is 1. The summed E-state index contributed by atoms with van der Waals surface area (Å²) < 4.78 is 0. The summed E-state index contributed by atoms with van der Waals surface area (Å²) in [4.78, 5) is 13.3. The lowest BCUT2D eigenvalue weighted by Crippen LogP contribution is -2.43. The minimum atomic E-state index is 0. The zero-order valence-corrected chi connectivity index (χ0v) is 20.9. The number of aliphatic imine (C=N–C) groups is 1. The molecule has 0 spiro atoms. The Morgan fingerprint density at radius 2 is 1.67 bits per heavy atom. The molecule has 1 saturated heterocycles. The molecule has 0 aliphatic carbocycles. The van der Waals surface area contributed by atoms with Crippen LogP contribution in [0.5, 0.6) is 0 Å². The highest BCUT2D eigenvalue weighted by molar-refractivity contribution is 14.0. The van der Waals surface area contributed by atoms with Crippen LogP contribution in [0.25, 0.3) is 0 Å². The molecule has 0 atom stereocenters. The van der Waals surface area contributed by atoms with Crippen molar-refractivity contribution < 1.29 is 0 Å². The molecule has 30 heavy (non-hydrogen) atoms. The second-order valence-corrected chi connectivity index (χ2v) is 7.87. The quantitative estimate of drug-likeness (QED) is 0.244. The molecule has 0 radical (unpaired) electrons. The van der Waals surface area contributed by atoms with Gasteiger partial charge in [-0.1, -0.05) is 41.9 Å². The SMILES string of the molecule is CN=C(NCCc1ccc(Cl)nc1)NCc1ccc(CN2CCN(C)CC2)cc1.I. The van der Waals surface area contributed by atoms with Crippen LogP contribution in [-0.4, -0.2) is 67.6 Å². The van der Waals surface area contributed by atoms with Gasteiger partial charge in [0.1, 0.15) is 5.15 Å². The third kappa shape index (κ3) is 8.37. The van der Waals surface area contributed by atoms with Crippen molar-refractivity contribution in [2.24, 2.45) is 4.99 Å². The Bertz CT molecular complexity index is 773. The van der Waals surface area contributed by atoms with E-state index in [0.717, 1.165) is 63.8 Å². The van der Waals surface area contributed by atoms with Gasteiger partial charge in [-0.15, -0.1) is 24.0 Å². The van der Waals surface area contributed by atoms with E-state index in [1.807, 2.05) is 18.3 Å². The molecular formula is C22H32ClIN6. The first-order valence-corrected chi connectivity index (χ1v) is 10.5. The molecule has 6 nitrogen and oxygen atoms in total. The van der Waals surface area contributed by atoms with Gasteiger partial charge >= 0.3 is 0 Å². The van der Waals surface area contributed by atoms with Gasteiger partial charge in [0.05, 0.1) is 0 Å². The van der Waals surface area contributed by atoms with Crippen LogP contribution in [-0.2, 0) is 19.5 Å². The number of halogens is 2. The van der Waals surface area contributed by atoms with Crippen LogP contribution in [0.3, 0.4) is 0 Å². The number of aromatic nitrogens is 1. The molecule has 2 heterocycles. The summed E-state index contributed by atoms with van der Waals surface area (Å²) >= 11 is 5.82. The average molecular weight is 543 g/mol. The lowest BCUT2D eigenvalue weighted by molar-refractivity contribution is 0.148. The van der Waals surface area contributed by atoms with E-state index in [1.54, 1.807) is 7.05 Å². The summed E-state index contributed by atoms with van der Waals surface area (Å²) in [7, 11) is 3.98. The van der Waals surface area contributed by atoms with Crippen LogP contribution < -0.4 is 10.6 Å². The second kappa shape index (κ2) is 13.1. The summed E-state index contributed by atoms with van der Waals surface area (Å²) in [6, 6.07) is 12.7. The second-order valence-electron chi connectivity index (χ2n) is 7.49. The first-order valence-electron chi connectivity index (χ1n) is 10.2. The molecular weight excluding hydrogens is 511 g/mol. The Kier molecular flexibility index (Phi) is 10.8. The fourth-order valence-electron chi connectivity index (χ4n) is 3.31. The number of rotatable bonds is 7. The zero-order chi connectivity index (χ0) is 20.5. The van der Waals surface area contributed by atoms with Gasteiger partial charge in [-0.25, -0.2) is 4.98 Å². The molecule has 2 aromatic rings. The van der Waals surface area contributed by atoms with E-state index in [0.29, 0.717) is 5.15 Å². The van der Waals surface area contributed by atoms with Crippen molar-refractivity contribution in [3.05, 3.63) is 64.4 Å². The average Bonchev–Trinajstić information content (AvgIpc) is 2.74. The molecule has 164 valence electrons. The Hall–Kier alpha value is -1.42. The Labute approximate surface area is 202 Å². The van der Waals surface area contributed by atoms with Crippen molar-refractivity contribution in [3.63, 3.8) is 0 Å². The number of hydrogen-bond donors (Lipinski definition) is 2. The third-order valence-electron chi connectivity index (χ3n) is 5.20. The maximum atomic E-state index is 5.82. The summed E-state index contributed by atoms with van der Waals surface area (Å²) in [5.41, 5.74) is 3.77. The normalized spacial score (nSPS) is 15.5. The van der Waals surface area contributed by atoms with Gasteiger partial charge in [-0.3, -0.25) is 9.89 Å². The van der Waals surface area contributed by atoms with E-state index in [1.165, 1.54) is 11.1 Å². The Balaban J connectivity index is 0.00000320. The van der Waals surface area contributed by atoms with E-state index in [-0.39, 0.29) is 24.0 Å². The van der Waals surface area contributed by atoms with Crippen LogP contribution in [0.1, 0.15) is 16.7 Å². The highest BCUT2D eigenvalue weighted by Crippen LogP contribution is 2.10. The number of benzene rings is 1. The largest absolute Gasteiger partial charge is 0.356 e. The van der Waals surface area contributed by atoms with Crippen LogP contribution in [0, 0.1) is 0 Å². The Morgan fingerprint density at radius 1 is 1.00 bits per heavy atom. The Morgan fingerprint density at radius 3 is 2.30 bits per heavy atom. The molecule has 0 amide bonds. The number of guanidine groups is 1. The predicted molar refractivity (Wildman–Crippen MR) is 136 cm³/mol. The van der Waals surface area contributed by atoms with Crippen molar-refractivity contribution >= 4 is 41.5 Å². The smallest absolute Gasteiger partial charge is 0.191 e. The van der Waals surface area contributed by atoms with Gasteiger partial charge in [-0.05, 0) is 36.2 Å². The van der Waals surface area contributed by atoms with E-state index >= 15 is 0 Å². The lowest BCUT2D eigenvalue weighted by atomic mass is 10.1. The molecule has 3 rings (SSSR count). The van der Waals surface area contributed by atoms with E-state index < -0.39 is 0 Å². The molecule has 0 saturated carbocycles. The lowest BCUT2D eigenvalue weighted by Gasteiger charge is -2.32. The first-order chi connectivity index (χ1) is 14.1. The number of nitrogens with zero attached hydrogens (tertiary/aromatic N) is 4. The molecule has 1 fully saturated rings. The fourth-order valence-corrected chi connectivity index (χ4v) is 3.42. The monoisotopic (exact) mass is 542 g/mol. The maximum Gasteiger partial charge on any atom is 0.191 e. The first kappa shape index (κ1) is 24.8. The number of likely N-dealkylation sites (N-methyl/N-ethyl adjacent to an activating group) is 1. The van der Waals surface area contributed by atoms with E-state index in [9.17, 15) is 0 Å². The molecule has 1 aliphatic rings. The van der Waals surface area contributed by atoms with Gasteiger partial charge in [0.25, 0.3) is 0 Å². The van der Waals surface area contributed by atoms with Gasteiger partial charge in [0, 0.05) is 59.1 Å². The zero-order valence-electron chi connectivity index (χ0n) is 17.8. The topological polar surface area (TPSA) is 55.8 Å². The summed E-state index contributed by atoms with van der Waals surface area (Å²) in [6.45, 7) is 7.17. The maximum absolute atomic E-state index is 5.82. The van der Waals surface area contributed by atoms with Crippen molar-refractivity contribution in [2.75, 3.05) is 46.8 Å². The van der Waals surface area contributed by atoms with Crippen molar-refractivity contribution in [1.82, 2.24) is 25.4 Å². The highest BCUT2D eigenvalue weighted by Gasteiger charge is 2.13. The number of nitrogens with one attached hydrogen (secondary N) is 2. The number of pyridine rings is 1. The molecule has 2 N–H and O–H groups in total. The number of hydrogen-bond acceptors (Lipinski definition) is 4. The van der Waals surface area contributed by atoms with Crippen LogP contribution in [0.4, 0.5) is 0 Å². The molecule has 8 heteroatoms. The van der Waals surface area contributed by atoms with Crippen molar-refractivity contribution in [3.8, 4) is 0 Å². The summed E-state index contributed by atoms with van der Waals surface area (Å²) in [6.07, 6.45) is 2.68. The summed E-state index contributed by atoms with van der Waals surface area (Å²) in [5, 5.41) is 7.23. The van der Waals surface area contributed by atoms with Crippen LogP contribution >= 0.6 is 35.6 Å². The van der Waals surface area contributed by atoms with Crippen LogP contribution in [0.15, 0.2) is 47.6 Å². The summed E-state index contributed by atoms with van der Waals surface area (Å²) in [5.74, 6) is 0.799. The van der Waals surface area contributed by atoms with Gasteiger partial charge in [0.15, 0.2) is 5.96 Å². The van der Waals surface area contributed by atoms with Gasteiger partial charge < -0.3 is 15.5 Å². The molecule has 0 bridgehead atoms.